The minimum Gasteiger partial charge on any atom is -0.423 e. The molecule has 12 nitrogen and oxygen atoms in total. The van der Waals surface area contributed by atoms with Crippen molar-refractivity contribution in [2.75, 3.05) is 23.7 Å². The van der Waals surface area contributed by atoms with Gasteiger partial charge in [-0.25, -0.2) is 14.8 Å². The number of imide groups is 1. The van der Waals surface area contributed by atoms with E-state index in [0.717, 1.165) is 0 Å². The van der Waals surface area contributed by atoms with E-state index < -0.39 is 23.8 Å². The lowest BCUT2D eigenvalue weighted by molar-refractivity contribution is -0.123. The largest absolute Gasteiger partial charge is 0.423 e. The van der Waals surface area contributed by atoms with Crippen LogP contribution in [0.25, 0.3) is 0 Å². The van der Waals surface area contributed by atoms with Crippen LogP contribution >= 0.6 is 27.5 Å². The summed E-state index contributed by atoms with van der Waals surface area (Å²) in [5.74, 6) is -1.60. The Bertz CT molecular complexity index is 1290. The minimum atomic E-state index is -0.836. The maximum Gasteiger partial charge on any atom is 0.326 e. The summed E-state index contributed by atoms with van der Waals surface area (Å²) in [7, 11) is 0. The molecule has 5 amide bonds. The van der Waals surface area contributed by atoms with Crippen LogP contribution in [0.15, 0.2) is 59.3 Å². The lowest BCUT2D eigenvalue weighted by atomic mass is 10.1. The Hall–Kier alpha value is -4.07. The van der Waals surface area contributed by atoms with E-state index in [1.54, 1.807) is 12.1 Å². The molecule has 0 saturated heterocycles. The quantitative estimate of drug-likeness (QED) is 0.272. The number of carbonyl (C=O) groups is 4. The number of anilines is 2. The summed E-state index contributed by atoms with van der Waals surface area (Å²) in [4.78, 5) is 56.2. The second-order valence-electron chi connectivity index (χ2n) is 6.91. The van der Waals surface area contributed by atoms with Crippen LogP contribution in [-0.2, 0) is 9.59 Å². The number of amides is 5. The summed E-state index contributed by atoms with van der Waals surface area (Å²) < 4.78 is 6.19. The molecule has 0 bridgehead atoms. The van der Waals surface area contributed by atoms with E-state index in [0.29, 0.717) is 4.47 Å². The third kappa shape index (κ3) is 7.73. The highest BCUT2D eigenvalue weighted by Crippen LogP contribution is 2.30. The standard InChI is InChI=1S/C22H19BrClN7O5/c23-12-9-27-22(28-10-12)36-17-6-5-13(7-15(17)24)29-21(35)31-20(34)14-3-1-2-4-16(14)30-19(33)11-26-18(32)8-25/h1-7,9-10H,8,11,25H2,(H,26,32)(H,30,33)(H2,29,31,34,35). The van der Waals surface area contributed by atoms with E-state index in [1.807, 2.05) is 0 Å². The van der Waals surface area contributed by atoms with Crippen LogP contribution in [0.2, 0.25) is 5.02 Å². The first-order valence-electron chi connectivity index (χ1n) is 10.2. The Labute approximate surface area is 218 Å². The summed E-state index contributed by atoms with van der Waals surface area (Å²) in [6.07, 6.45) is 3.02. The van der Waals surface area contributed by atoms with Crippen LogP contribution < -0.4 is 31.7 Å². The lowest BCUT2D eigenvalue weighted by Crippen LogP contribution is -2.37. The fraction of sp³-hybridized carbons (Fsp3) is 0.0909. The predicted octanol–water partition coefficient (Wildman–Crippen LogP) is 2.66. The fourth-order valence-corrected chi connectivity index (χ4v) is 3.11. The molecule has 0 unspecified atom stereocenters. The molecule has 1 heterocycles. The van der Waals surface area contributed by atoms with Gasteiger partial charge in [-0.15, -0.1) is 0 Å². The molecule has 6 N–H and O–H groups in total. The maximum absolute atomic E-state index is 12.6. The molecule has 0 aliphatic carbocycles. The number of rotatable bonds is 8. The third-order valence-electron chi connectivity index (χ3n) is 4.29. The monoisotopic (exact) mass is 575 g/mol. The number of nitrogens with two attached hydrogens (primary N) is 1. The van der Waals surface area contributed by atoms with Gasteiger partial charge in [0.25, 0.3) is 5.91 Å². The van der Waals surface area contributed by atoms with Crippen molar-refractivity contribution in [1.82, 2.24) is 20.6 Å². The van der Waals surface area contributed by atoms with Gasteiger partial charge in [0.1, 0.15) is 5.75 Å². The van der Waals surface area contributed by atoms with Crippen LogP contribution in [0.1, 0.15) is 10.4 Å². The van der Waals surface area contributed by atoms with Crippen molar-refractivity contribution in [1.29, 1.82) is 0 Å². The van der Waals surface area contributed by atoms with Crippen LogP contribution in [-0.4, -0.2) is 46.8 Å². The molecule has 14 heteroatoms. The van der Waals surface area contributed by atoms with E-state index in [1.165, 1.54) is 42.7 Å². The summed E-state index contributed by atoms with van der Waals surface area (Å²) in [6, 6.07) is 9.72. The predicted molar refractivity (Wildman–Crippen MR) is 135 cm³/mol. The first kappa shape index (κ1) is 26.5. The van der Waals surface area contributed by atoms with E-state index in [-0.39, 0.29) is 46.8 Å². The summed E-state index contributed by atoms with van der Waals surface area (Å²) in [5.41, 5.74) is 5.63. The van der Waals surface area contributed by atoms with Gasteiger partial charge >= 0.3 is 12.0 Å². The average Bonchev–Trinajstić information content (AvgIpc) is 2.85. The Kier molecular flexibility index (Phi) is 9.27. The summed E-state index contributed by atoms with van der Waals surface area (Å²) in [5, 5.41) is 9.64. The van der Waals surface area contributed by atoms with Crippen LogP contribution in [0, 0.1) is 0 Å². The highest BCUT2D eigenvalue weighted by molar-refractivity contribution is 9.10. The van der Waals surface area contributed by atoms with E-state index >= 15 is 0 Å². The molecular formula is C22H19BrClN7O5. The smallest absolute Gasteiger partial charge is 0.326 e. The number of carbonyl (C=O) groups excluding carboxylic acids is 4. The zero-order chi connectivity index (χ0) is 26.1. The third-order valence-corrected chi connectivity index (χ3v) is 5.00. The summed E-state index contributed by atoms with van der Waals surface area (Å²) in [6.45, 7) is -0.594. The van der Waals surface area contributed by atoms with E-state index in [2.05, 4.69) is 47.2 Å². The molecule has 0 atom stereocenters. The van der Waals surface area contributed by atoms with Crippen molar-refractivity contribution in [2.45, 2.75) is 0 Å². The molecule has 186 valence electrons. The Morgan fingerprint density at radius 2 is 1.72 bits per heavy atom. The number of nitrogens with one attached hydrogen (secondary N) is 4. The molecule has 1 aromatic heterocycles. The SMILES string of the molecule is NCC(=O)NCC(=O)Nc1ccccc1C(=O)NC(=O)Nc1ccc(Oc2ncc(Br)cn2)c(Cl)c1. The number of ether oxygens (including phenoxy) is 1. The number of aromatic nitrogens is 2. The Morgan fingerprint density at radius 1 is 1.00 bits per heavy atom. The second-order valence-corrected chi connectivity index (χ2v) is 8.24. The molecule has 0 fully saturated rings. The van der Waals surface area contributed by atoms with Gasteiger partial charge in [-0.2, -0.15) is 0 Å². The van der Waals surface area contributed by atoms with Gasteiger partial charge in [0, 0.05) is 18.1 Å². The van der Waals surface area contributed by atoms with Crippen LogP contribution in [0.3, 0.4) is 0 Å². The topological polar surface area (TPSA) is 177 Å². The van der Waals surface area contributed by atoms with Crippen LogP contribution in [0.5, 0.6) is 11.8 Å². The average molecular weight is 577 g/mol. The van der Waals surface area contributed by atoms with Gasteiger partial charge in [-0.05, 0) is 46.3 Å². The molecule has 3 aromatic rings. The molecular weight excluding hydrogens is 558 g/mol. The molecule has 0 aliphatic heterocycles. The number of benzene rings is 2. The van der Waals surface area contributed by atoms with Gasteiger partial charge in [0.05, 0.1) is 33.8 Å². The Balaban J connectivity index is 1.60. The number of nitrogens with zero attached hydrogens (tertiary/aromatic N) is 2. The zero-order valence-corrected chi connectivity index (χ0v) is 20.7. The van der Waals surface area contributed by atoms with Crippen molar-refractivity contribution in [2.24, 2.45) is 5.73 Å². The molecule has 36 heavy (non-hydrogen) atoms. The summed E-state index contributed by atoms with van der Waals surface area (Å²) >= 11 is 9.44. The van der Waals surface area contributed by atoms with Gasteiger partial charge in [-0.1, -0.05) is 23.7 Å². The minimum absolute atomic E-state index is 0.0300. The van der Waals surface area contributed by atoms with E-state index in [4.69, 9.17) is 22.1 Å². The van der Waals surface area contributed by atoms with Crippen molar-refractivity contribution < 1.29 is 23.9 Å². The van der Waals surface area contributed by atoms with Gasteiger partial charge in [-0.3, -0.25) is 19.7 Å². The van der Waals surface area contributed by atoms with Gasteiger partial charge in [0.2, 0.25) is 11.8 Å². The van der Waals surface area contributed by atoms with Crippen molar-refractivity contribution in [3.63, 3.8) is 0 Å². The first-order valence-corrected chi connectivity index (χ1v) is 11.3. The number of urea groups is 1. The second kappa shape index (κ2) is 12.6. The first-order chi connectivity index (χ1) is 17.2. The lowest BCUT2D eigenvalue weighted by Gasteiger charge is -2.12. The molecule has 2 aromatic carbocycles. The molecule has 3 rings (SSSR count). The number of para-hydroxylation sites is 1. The van der Waals surface area contributed by atoms with E-state index in [9.17, 15) is 19.2 Å². The molecule has 0 saturated carbocycles. The van der Waals surface area contributed by atoms with Crippen molar-refractivity contribution in [3.05, 3.63) is 69.9 Å². The molecule has 0 radical (unpaired) electrons. The molecule has 0 spiro atoms. The number of hydrogen-bond donors (Lipinski definition) is 5. The highest BCUT2D eigenvalue weighted by Gasteiger charge is 2.16. The van der Waals surface area contributed by atoms with Crippen LogP contribution in [0.4, 0.5) is 16.2 Å². The van der Waals surface area contributed by atoms with Gasteiger partial charge in [0.15, 0.2) is 0 Å². The van der Waals surface area contributed by atoms with Gasteiger partial charge < -0.3 is 26.4 Å². The van der Waals surface area contributed by atoms with Crippen molar-refractivity contribution >= 4 is 62.7 Å². The highest BCUT2D eigenvalue weighted by atomic mass is 79.9. The zero-order valence-electron chi connectivity index (χ0n) is 18.4. The molecule has 0 aliphatic rings. The normalized spacial score (nSPS) is 10.2. The Morgan fingerprint density at radius 3 is 2.42 bits per heavy atom. The number of hydrogen-bond acceptors (Lipinski definition) is 8. The number of halogens is 2. The maximum atomic E-state index is 12.6. The fourth-order valence-electron chi connectivity index (χ4n) is 2.68. The van der Waals surface area contributed by atoms with Crippen molar-refractivity contribution in [3.8, 4) is 11.8 Å².